The summed E-state index contributed by atoms with van der Waals surface area (Å²) in [6.45, 7) is 3.05. The molecule has 0 atom stereocenters. The second-order valence-corrected chi connectivity index (χ2v) is 8.21. The molecule has 1 saturated heterocycles. The largest absolute Gasteiger partial charge is 0.370 e. The van der Waals surface area contributed by atoms with E-state index in [1.807, 2.05) is 28.5 Å². The third kappa shape index (κ3) is 5.21. The van der Waals surface area contributed by atoms with Gasteiger partial charge in [-0.3, -0.25) is 4.79 Å². The molecule has 0 spiro atoms. The van der Waals surface area contributed by atoms with Crippen molar-refractivity contribution in [3.63, 3.8) is 0 Å². The lowest BCUT2D eigenvalue weighted by molar-refractivity contribution is -0.130. The van der Waals surface area contributed by atoms with Crippen LogP contribution in [0.25, 0.3) is 0 Å². The van der Waals surface area contributed by atoms with E-state index >= 15 is 0 Å². The molecule has 4 rings (SSSR count). The zero-order chi connectivity index (χ0) is 20.1. The number of aromatic nitrogens is 1. The highest BCUT2D eigenvalue weighted by Gasteiger charge is 2.20. The maximum atomic E-state index is 13.2. The van der Waals surface area contributed by atoms with Gasteiger partial charge in [-0.15, -0.1) is 11.3 Å². The van der Waals surface area contributed by atoms with Crippen molar-refractivity contribution in [2.75, 3.05) is 31.1 Å². The lowest BCUT2D eigenvalue weighted by Gasteiger charge is -2.23. The van der Waals surface area contributed by atoms with Crippen LogP contribution in [0.15, 0.2) is 60.0 Å². The van der Waals surface area contributed by atoms with Gasteiger partial charge in [0.15, 0.2) is 0 Å². The van der Waals surface area contributed by atoms with E-state index in [9.17, 15) is 9.18 Å². The second-order valence-electron chi connectivity index (χ2n) is 7.27. The molecular weight excluding hydrogens is 385 g/mol. The van der Waals surface area contributed by atoms with Gasteiger partial charge in [0.2, 0.25) is 5.91 Å². The van der Waals surface area contributed by atoms with E-state index in [0.717, 1.165) is 48.9 Å². The summed E-state index contributed by atoms with van der Waals surface area (Å²) in [6, 6.07) is 16.8. The fraction of sp³-hybridized carbons (Fsp3) is 0.304. The van der Waals surface area contributed by atoms with Gasteiger partial charge in [-0.1, -0.05) is 30.3 Å². The van der Waals surface area contributed by atoms with E-state index < -0.39 is 0 Å². The quantitative estimate of drug-likeness (QED) is 0.635. The first-order chi connectivity index (χ1) is 14.2. The molecule has 0 radical (unpaired) electrons. The fourth-order valence-electron chi connectivity index (χ4n) is 3.63. The second kappa shape index (κ2) is 9.18. The molecular formula is C23H24FN3OS. The Labute approximate surface area is 174 Å². The first-order valence-electron chi connectivity index (χ1n) is 9.93. The zero-order valence-corrected chi connectivity index (χ0v) is 17.1. The van der Waals surface area contributed by atoms with Crippen LogP contribution in [0.4, 0.5) is 10.1 Å². The van der Waals surface area contributed by atoms with Crippen LogP contribution in [-0.4, -0.2) is 42.0 Å². The van der Waals surface area contributed by atoms with Gasteiger partial charge < -0.3 is 9.80 Å². The van der Waals surface area contributed by atoms with Gasteiger partial charge in [-0.25, -0.2) is 9.37 Å². The van der Waals surface area contributed by atoms with E-state index in [4.69, 9.17) is 0 Å². The first-order valence-corrected chi connectivity index (χ1v) is 10.8. The molecule has 3 aromatic rings. The first kappa shape index (κ1) is 19.6. The monoisotopic (exact) mass is 409 g/mol. The van der Waals surface area contributed by atoms with E-state index in [-0.39, 0.29) is 11.7 Å². The molecule has 150 valence electrons. The van der Waals surface area contributed by atoms with E-state index in [1.54, 1.807) is 23.5 Å². The van der Waals surface area contributed by atoms with E-state index in [1.165, 1.54) is 17.7 Å². The van der Waals surface area contributed by atoms with Gasteiger partial charge >= 0.3 is 0 Å². The molecule has 0 aliphatic carbocycles. The maximum Gasteiger partial charge on any atom is 0.228 e. The molecule has 4 nitrogen and oxygen atoms in total. The van der Waals surface area contributed by atoms with Crippen LogP contribution < -0.4 is 4.90 Å². The number of amides is 1. The summed E-state index contributed by atoms with van der Waals surface area (Å²) in [6.07, 6.45) is 2.05. The zero-order valence-electron chi connectivity index (χ0n) is 16.3. The molecule has 29 heavy (non-hydrogen) atoms. The Morgan fingerprint density at radius 2 is 1.79 bits per heavy atom. The average molecular weight is 410 g/mol. The van der Waals surface area contributed by atoms with Gasteiger partial charge in [-0.05, 0) is 36.2 Å². The van der Waals surface area contributed by atoms with E-state index in [0.29, 0.717) is 13.0 Å². The summed E-state index contributed by atoms with van der Waals surface area (Å²) in [7, 11) is 0. The molecule has 1 aromatic heterocycles. The molecule has 2 heterocycles. The highest BCUT2D eigenvalue weighted by molar-refractivity contribution is 7.09. The fourth-order valence-corrected chi connectivity index (χ4v) is 4.45. The molecule has 0 N–H and O–H groups in total. The third-order valence-corrected chi connectivity index (χ3v) is 6.07. The molecule has 6 heteroatoms. The molecule has 1 fully saturated rings. The van der Waals surface area contributed by atoms with Crippen LogP contribution in [0.1, 0.15) is 22.7 Å². The van der Waals surface area contributed by atoms with Crippen molar-refractivity contribution < 1.29 is 9.18 Å². The van der Waals surface area contributed by atoms with Crippen LogP contribution >= 0.6 is 11.3 Å². The number of carbonyl (C=O) groups is 1. The highest BCUT2D eigenvalue weighted by atomic mass is 32.1. The Morgan fingerprint density at radius 1 is 1.00 bits per heavy atom. The Morgan fingerprint density at radius 3 is 2.59 bits per heavy atom. The topological polar surface area (TPSA) is 36.4 Å². The molecule has 1 aliphatic rings. The summed E-state index contributed by atoms with van der Waals surface area (Å²) in [5.41, 5.74) is 3.09. The Hall–Kier alpha value is -2.73. The molecule has 2 aromatic carbocycles. The Kier molecular flexibility index (Phi) is 6.20. The normalized spacial score (nSPS) is 14.7. The standard InChI is InChI=1S/C23H24FN3OS/c24-19-7-9-21(10-8-19)26-11-4-12-27(14-13-26)23(28)16-20-17-29-22(25-20)15-18-5-2-1-3-6-18/h1-3,5-10,17H,4,11-16H2. The predicted octanol–water partition coefficient (Wildman–Crippen LogP) is 4.15. The molecule has 0 bridgehead atoms. The maximum absolute atomic E-state index is 13.2. The van der Waals surface area contributed by atoms with Crippen molar-refractivity contribution in [3.8, 4) is 0 Å². The summed E-state index contributed by atoms with van der Waals surface area (Å²) >= 11 is 1.62. The van der Waals surface area contributed by atoms with Crippen molar-refractivity contribution in [3.05, 3.63) is 82.1 Å². The lowest BCUT2D eigenvalue weighted by atomic mass is 10.2. The minimum atomic E-state index is -0.227. The molecule has 0 saturated carbocycles. The number of halogens is 1. The Balaban J connectivity index is 1.32. The van der Waals surface area contributed by atoms with Crippen molar-refractivity contribution in [1.82, 2.24) is 9.88 Å². The smallest absolute Gasteiger partial charge is 0.228 e. The van der Waals surface area contributed by atoms with E-state index in [2.05, 4.69) is 22.0 Å². The molecule has 1 amide bonds. The van der Waals surface area contributed by atoms with Crippen LogP contribution in [0.2, 0.25) is 0 Å². The van der Waals surface area contributed by atoms with Crippen molar-refractivity contribution in [2.24, 2.45) is 0 Å². The number of carbonyl (C=O) groups excluding carboxylic acids is 1. The lowest BCUT2D eigenvalue weighted by Crippen LogP contribution is -2.36. The molecule has 0 unspecified atom stereocenters. The summed E-state index contributed by atoms with van der Waals surface area (Å²) < 4.78 is 13.2. The number of anilines is 1. The van der Waals surface area contributed by atoms with Crippen LogP contribution in [0, 0.1) is 5.82 Å². The average Bonchev–Trinajstić information content (AvgIpc) is 3.01. The van der Waals surface area contributed by atoms with Gasteiger partial charge in [-0.2, -0.15) is 0 Å². The third-order valence-electron chi connectivity index (χ3n) is 5.17. The Bertz CT molecular complexity index is 942. The van der Waals surface area contributed by atoms with Gasteiger partial charge in [0.05, 0.1) is 17.1 Å². The van der Waals surface area contributed by atoms with Crippen LogP contribution in [0.3, 0.4) is 0 Å². The van der Waals surface area contributed by atoms with Crippen molar-refractivity contribution in [2.45, 2.75) is 19.3 Å². The SMILES string of the molecule is O=C(Cc1csc(Cc2ccccc2)n1)N1CCCN(c2ccc(F)cc2)CC1. The van der Waals surface area contributed by atoms with Crippen molar-refractivity contribution in [1.29, 1.82) is 0 Å². The number of nitrogens with zero attached hydrogens (tertiary/aromatic N) is 3. The van der Waals surface area contributed by atoms with Crippen LogP contribution in [-0.2, 0) is 17.6 Å². The number of hydrogen-bond acceptors (Lipinski definition) is 4. The number of rotatable bonds is 5. The van der Waals surface area contributed by atoms with Crippen LogP contribution in [0.5, 0.6) is 0 Å². The summed E-state index contributed by atoms with van der Waals surface area (Å²) in [5.74, 6) is -0.0993. The highest BCUT2D eigenvalue weighted by Crippen LogP contribution is 2.19. The summed E-state index contributed by atoms with van der Waals surface area (Å²) in [4.78, 5) is 21.6. The predicted molar refractivity (Wildman–Crippen MR) is 115 cm³/mol. The van der Waals surface area contributed by atoms with Crippen molar-refractivity contribution >= 4 is 22.9 Å². The number of thiazole rings is 1. The van der Waals surface area contributed by atoms with Gasteiger partial charge in [0, 0.05) is 43.7 Å². The summed E-state index contributed by atoms with van der Waals surface area (Å²) in [5, 5.41) is 3.04. The van der Waals surface area contributed by atoms with Gasteiger partial charge in [0.1, 0.15) is 5.82 Å². The minimum Gasteiger partial charge on any atom is -0.370 e. The molecule has 1 aliphatic heterocycles. The number of hydrogen-bond donors (Lipinski definition) is 0. The van der Waals surface area contributed by atoms with Gasteiger partial charge in [0.25, 0.3) is 0 Å². The number of benzene rings is 2. The minimum absolute atomic E-state index is 0.127.